The molecule has 0 aromatic heterocycles. The van der Waals surface area contributed by atoms with E-state index in [-0.39, 0.29) is 5.92 Å². The number of carboxylic acids is 1. The number of nitrogens with one attached hydrogen (secondary N) is 2. The summed E-state index contributed by atoms with van der Waals surface area (Å²) in [6, 6.07) is 3.55. The third-order valence-electron chi connectivity index (χ3n) is 2.58. The van der Waals surface area contributed by atoms with E-state index in [0.717, 1.165) is 4.47 Å². The van der Waals surface area contributed by atoms with Crippen LogP contribution in [-0.2, 0) is 4.79 Å². The highest BCUT2D eigenvalue weighted by molar-refractivity contribution is 9.10. The number of carbonyl (C=O) groups excluding carboxylic acids is 1. The Labute approximate surface area is 125 Å². The van der Waals surface area contributed by atoms with Crippen LogP contribution >= 0.6 is 15.9 Å². The zero-order valence-corrected chi connectivity index (χ0v) is 13.0. The van der Waals surface area contributed by atoms with Gasteiger partial charge in [0.2, 0.25) is 0 Å². The molecule has 0 aliphatic rings. The van der Waals surface area contributed by atoms with Gasteiger partial charge in [-0.15, -0.1) is 0 Å². The fourth-order valence-corrected chi connectivity index (χ4v) is 2.05. The molecule has 1 unspecified atom stereocenters. The number of rotatable bonds is 5. The first-order valence-electron chi connectivity index (χ1n) is 5.98. The molecule has 0 fully saturated rings. The third-order valence-corrected chi connectivity index (χ3v) is 3.04. The van der Waals surface area contributed by atoms with Gasteiger partial charge >= 0.3 is 12.0 Å². The van der Waals surface area contributed by atoms with E-state index in [1.165, 1.54) is 7.11 Å². The van der Waals surface area contributed by atoms with E-state index in [4.69, 9.17) is 9.84 Å². The monoisotopic (exact) mass is 344 g/mol. The molecule has 0 saturated carbocycles. The van der Waals surface area contributed by atoms with Crippen LogP contribution in [0, 0.1) is 5.92 Å². The number of anilines is 1. The predicted molar refractivity (Wildman–Crippen MR) is 79.1 cm³/mol. The average molecular weight is 345 g/mol. The lowest BCUT2D eigenvalue weighted by Crippen LogP contribution is -2.46. The van der Waals surface area contributed by atoms with Crippen molar-refractivity contribution in [2.24, 2.45) is 5.92 Å². The molecule has 0 aliphatic carbocycles. The Hall–Kier alpha value is -1.76. The minimum absolute atomic E-state index is 0.213. The lowest BCUT2D eigenvalue weighted by atomic mass is 10.1. The molecule has 20 heavy (non-hydrogen) atoms. The standard InChI is InChI=1S/C13H17BrN2O4/c1-7(2)11(12(17)18)16-13(19)15-9-4-8(14)5-10(6-9)20-3/h4-7,11H,1-3H3,(H,17,18)(H2,15,16,19). The van der Waals surface area contributed by atoms with Gasteiger partial charge in [-0.25, -0.2) is 9.59 Å². The van der Waals surface area contributed by atoms with Crippen LogP contribution in [0.25, 0.3) is 0 Å². The molecule has 1 atom stereocenters. The SMILES string of the molecule is COc1cc(Br)cc(NC(=O)NC(C(=O)O)C(C)C)c1. The van der Waals surface area contributed by atoms with Crippen LogP contribution in [0.15, 0.2) is 22.7 Å². The van der Waals surface area contributed by atoms with Crippen molar-refractivity contribution < 1.29 is 19.4 Å². The zero-order valence-electron chi connectivity index (χ0n) is 11.4. The summed E-state index contributed by atoms with van der Waals surface area (Å²) in [5.41, 5.74) is 0.501. The van der Waals surface area contributed by atoms with Gasteiger partial charge in [-0.3, -0.25) is 0 Å². The fraction of sp³-hybridized carbons (Fsp3) is 0.385. The lowest BCUT2D eigenvalue weighted by molar-refractivity contribution is -0.140. The maximum absolute atomic E-state index is 11.8. The maximum atomic E-state index is 11.8. The molecule has 0 bridgehead atoms. The highest BCUT2D eigenvalue weighted by atomic mass is 79.9. The summed E-state index contributed by atoms with van der Waals surface area (Å²) in [5, 5.41) is 14.0. The number of hydrogen-bond acceptors (Lipinski definition) is 3. The van der Waals surface area contributed by atoms with Crippen molar-refractivity contribution in [3.05, 3.63) is 22.7 Å². The summed E-state index contributed by atoms with van der Waals surface area (Å²) in [6.07, 6.45) is 0. The highest BCUT2D eigenvalue weighted by Crippen LogP contribution is 2.24. The highest BCUT2D eigenvalue weighted by Gasteiger charge is 2.23. The molecule has 7 heteroatoms. The number of carboxylic acid groups (broad SMARTS) is 1. The molecule has 0 aliphatic heterocycles. The van der Waals surface area contributed by atoms with E-state index in [0.29, 0.717) is 11.4 Å². The number of benzene rings is 1. The summed E-state index contributed by atoms with van der Waals surface area (Å²) >= 11 is 3.30. The lowest BCUT2D eigenvalue weighted by Gasteiger charge is -2.18. The average Bonchev–Trinajstić information content (AvgIpc) is 2.34. The van der Waals surface area contributed by atoms with E-state index in [1.54, 1.807) is 32.0 Å². The second kappa shape index (κ2) is 7.14. The second-order valence-corrected chi connectivity index (χ2v) is 5.45. The number of hydrogen-bond donors (Lipinski definition) is 3. The maximum Gasteiger partial charge on any atom is 0.326 e. The van der Waals surface area contributed by atoms with Gasteiger partial charge in [-0.2, -0.15) is 0 Å². The smallest absolute Gasteiger partial charge is 0.326 e. The van der Waals surface area contributed by atoms with E-state index in [2.05, 4.69) is 26.6 Å². The van der Waals surface area contributed by atoms with Crippen molar-refractivity contribution in [2.75, 3.05) is 12.4 Å². The molecule has 0 saturated heterocycles. The Balaban J connectivity index is 2.75. The van der Waals surface area contributed by atoms with Crippen molar-refractivity contribution in [3.63, 3.8) is 0 Å². The Morgan fingerprint density at radius 1 is 1.30 bits per heavy atom. The van der Waals surface area contributed by atoms with Crippen LogP contribution in [-0.4, -0.2) is 30.3 Å². The van der Waals surface area contributed by atoms with Crippen LogP contribution in [0.2, 0.25) is 0 Å². The molecule has 0 heterocycles. The molecule has 3 N–H and O–H groups in total. The van der Waals surface area contributed by atoms with Crippen molar-refractivity contribution in [2.45, 2.75) is 19.9 Å². The summed E-state index contributed by atoms with van der Waals surface area (Å²) < 4.78 is 5.82. The molecule has 110 valence electrons. The van der Waals surface area contributed by atoms with Crippen molar-refractivity contribution >= 4 is 33.6 Å². The van der Waals surface area contributed by atoms with Gasteiger partial charge in [-0.05, 0) is 18.1 Å². The van der Waals surface area contributed by atoms with Gasteiger partial charge in [0.1, 0.15) is 11.8 Å². The largest absolute Gasteiger partial charge is 0.497 e. The van der Waals surface area contributed by atoms with E-state index in [9.17, 15) is 9.59 Å². The summed E-state index contributed by atoms with van der Waals surface area (Å²) in [7, 11) is 1.52. The second-order valence-electron chi connectivity index (χ2n) is 4.54. The van der Waals surface area contributed by atoms with Gasteiger partial charge in [0.15, 0.2) is 0 Å². The van der Waals surface area contributed by atoms with Crippen LogP contribution < -0.4 is 15.4 Å². The van der Waals surface area contributed by atoms with Crippen molar-refractivity contribution in [1.29, 1.82) is 0 Å². The number of carbonyl (C=O) groups is 2. The van der Waals surface area contributed by atoms with Crippen molar-refractivity contribution in [3.8, 4) is 5.75 Å². The summed E-state index contributed by atoms with van der Waals surface area (Å²) in [6.45, 7) is 3.45. The topological polar surface area (TPSA) is 87.7 Å². The number of aliphatic carboxylic acids is 1. The predicted octanol–water partition coefficient (Wildman–Crippen LogP) is 2.69. The Bertz CT molecular complexity index is 505. The number of urea groups is 1. The number of ether oxygens (including phenoxy) is 1. The van der Waals surface area contributed by atoms with Crippen LogP contribution in [0.3, 0.4) is 0 Å². The number of halogens is 1. The quantitative estimate of drug-likeness (QED) is 0.766. The molecule has 2 amide bonds. The van der Waals surface area contributed by atoms with Gasteiger partial charge < -0.3 is 20.5 Å². The minimum Gasteiger partial charge on any atom is -0.497 e. The summed E-state index contributed by atoms with van der Waals surface area (Å²) in [4.78, 5) is 22.8. The molecular weight excluding hydrogens is 328 g/mol. The number of methoxy groups -OCH3 is 1. The molecule has 6 nitrogen and oxygen atoms in total. The minimum atomic E-state index is -1.07. The Kier molecular flexibility index (Phi) is 5.82. The Morgan fingerprint density at radius 2 is 1.95 bits per heavy atom. The summed E-state index contributed by atoms with van der Waals surface area (Å²) in [5.74, 6) is -0.703. The molecule has 1 rings (SSSR count). The first-order chi connectivity index (χ1) is 9.33. The van der Waals surface area contributed by atoms with Crippen LogP contribution in [0.4, 0.5) is 10.5 Å². The molecule has 1 aromatic rings. The van der Waals surface area contributed by atoms with Gasteiger partial charge in [0, 0.05) is 16.2 Å². The normalized spacial score (nSPS) is 11.8. The van der Waals surface area contributed by atoms with Gasteiger partial charge in [0.25, 0.3) is 0 Å². The zero-order chi connectivity index (χ0) is 15.3. The number of amides is 2. The molecule has 0 radical (unpaired) electrons. The third kappa shape index (κ3) is 4.73. The molecular formula is C13H17BrN2O4. The molecule has 1 aromatic carbocycles. The van der Waals surface area contributed by atoms with Gasteiger partial charge in [0.05, 0.1) is 7.11 Å². The van der Waals surface area contributed by atoms with Crippen LogP contribution in [0.5, 0.6) is 5.75 Å². The fourth-order valence-electron chi connectivity index (χ4n) is 1.57. The van der Waals surface area contributed by atoms with E-state index >= 15 is 0 Å². The van der Waals surface area contributed by atoms with E-state index < -0.39 is 18.0 Å². The van der Waals surface area contributed by atoms with E-state index in [1.807, 2.05) is 0 Å². The van der Waals surface area contributed by atoms with Crippen molar-refractivity contribution in [1.82, 2.24) is 5.32 Å². The molecule has 0 spiro atoms. The van der Waals surface area contributed by atoms with Crippen LogP contribution in [0.1, 0.15) is 13.8 Å². The first-order valence-corrected chi connectivity index (χ1v) is 6.77. The first kappa shape index (κ1) is 16.3. The Morgan fingerprint density at radius 3 is 2.45 bits per heavy atom. The van der Waals surface area contributed by atoms with Gasteiger partial charge in [-0.1, -0.05) is 29.8 Å².